The lowest BCUT2D eigenvalue weighted by atomic mass is 9.77. The fourth-order valence-corrected chi connectivity index (χ4v) is 2.73. The second-order valence-corrected chi connectivity index (χ2v) is 5.08. The fraction of sp³-hybridized carbons (Fsp3) is 0.375. The van der Waals surface area contributed by atoms with Crippen LogP contribution in [0.15, 0.2) is 42.7 Å². The molecule has 1 atom stereocenters. The minimum absolute atomic E-state index is 0.717. The molecule has 0 aliphatic heterocycles. The molecule has 0 saturated heterocycles. The average molecular weight is 240 g/mol. The minimum atomic E-state index is 0.717. The molecule has 0 amide bonds. The van der Waals surface area contributed by atoms with Crippen molar-refractivity contribution in [3.05, 3.63) is 59.4 Å². The molecule has 0 spiro atoms. The molecule has 1 aromatic heterocycles. The first-order chi connectivity index (χ1) is 8.86. The highest BCUT2D eigenvalue weighted by atomic mass is 14.9. The van der Waals surface area contributed by atoms with Crippen molar-refractivity contribution in [2.24, 2.45) is 0 Å². The topological polar surface area (TPSA) is 17.0 Å². The van der Waals surface area contributed by atoms with Gasteiger partial charge in [-0.15, -0.1) is 0 Å². The Bertz CT molecular complexity index is 527. The SMILES string of the molecule is CCn1ccc(CNCC2Cc3ccccc32)c1. The Morgan fingerprint density at radius 3 is 2.94 bits per heavy atom. The Labute approximate surface area is 109 Å². The monoisotopic (exact) mass is 240 g/mol. The lowest BCUT2D eigenvalue weighted by molar-refractivity contribution is 0.535. The van der Waals surface area contributed by atoms with E-state index in [2.05, 4.69) is 59.5 Å². The van der Waals surface area contributed by atoms with Gasteiger partial charge in [0.1, 0.15) is 0 Å². The van der Waals surface area contributed by atoms with Crippen molar-refractivity contribution in [1.82, 2.24) is 9.88 Å². The number of aromatic nitrogens is 1. The summed E-state index contributed by atoms with van der Waals surface area (Å²) >= 11 is 0. The Morgan fingerprint density at radius 2 is 2.17 bits per heavy atom. The summed E-state index contributed by atoms with van der Waals surface area (Å²) < 4.78 is 2.22. The Kier molecular flexibility index (Phi) is 3.20. The van der Waals surface area contributed by atoms with Crippen molar-refractivity contribution in [2.45, 2.75) is 32.4 Å². The second-order valence-electron chi connectivity index (χ2n) is 5.08. The van der Waals surface area contributed by atoms with Gasteiger partial charge in [0.05, 0.1) is 0 Å². The molecule has 0 bridgehead atoms. The number of hydrogen-bond donors (Lipinski definition) is 1. The van der Waals surface area contributed by atoms with E-state index >= 15 is 0 Å². The van der Waals surface area contributed by atoms with Gasteiger partial charge in [-0.1, -0.05) is 24.3 Å². The number of fused-ring (bicyclic) bond motifs is 1. The van der Waals surface area contributed by atoms with E-state index in [-0.39, 0.29) is 0 Å². The van der Waals surface area contributed by atoms with Crippen molar-refractivity contribution in [3.63, 3.8) is 0 Å². The van der Waals surface area contributed by atoms with E-state index in [4.69, 9.17) is 0 Å². The van der Waals surface area contributed by atoms with Gasteiger partial charge in [-0.05, 0) is 36.1 Å². The summed E-state index contributed by atoms with van der Waals surface area (Å²) in [5.74, 6) is 0.717. The zero-order chi connectivity index (χ0) is 12.4. The highest BCUT2D eigenvalue weighted by Crippen LogP contribution is 2.33. The van der Waals surface area contributed by atoms with Crippen LogP contribution < -0.4 is 5.32 Å². The maximum atomic E-state index is 3.57. The van der Waals surface area contributed by atoms with Gasteiger partial charge in [0.25, 0.3) is 0 Å². The largest absolute Gasteiger partial charge is 0.354 e. The minimum Gasteiger partial charge on any atom is -0.354 e. The van der Waals surface area contributed by atoms with Crippen LogP contribution in [-0.2, 0) is 19.5 Å². The smallest absolute Gasteiger partial charge is 0.0220 e. The van der Waals surface area contributed by atoms with E-state index in [1.165, 1.54) is 23.1 Å². The molecular weight excluding hydrogens is 220 g/mol. The molecule has 18 heavy (non-hydrogen) atoms. The van der Waals surface area contributed by atoms with Gasteiger partial charge in [0.15, 0.2) is 0 Å². The number of aryl methyl sites for hydroxylation is 1. The van der Waals surface area contributed by atoms with Gasteiger partial charge in [-0.2, -0.15) is 0 Å². The predicted octanol–water partition coefficient (Wildman–Crippen LogP) is 2.94. The summed E-state index contributed by atoms with van der Waals surface area (Å²) in [6.07, 6.45) is 5.61. The molecule has 1 aromatic carbocycles. The maximum Gasteiger partial charge on any atom is 0.0220 e. The summed E-state index contributed by atoms with van der Waals surface area (Å²) in [6, 6.07) is 11.0. The van der Waals surface area contributed by atoms with Gasteiger partial charge < -0.3 is 9.88 Å². The van der Waals surface area contributed by atoms with Crippen LogP contribution in [0.3, 0.4) is 0 Å². The zero-order valence-corrected chi connectivity index (χ0v) is 10.9. The van der Waals surface area contributed by atoms with Crippen molar-refractivity contribution in [2.75, 3.05) is 6.54 Å². The molecule has 2 heteroatoms. The fourth-order valence-electron chi connectivity index (χ4n) is 2.73. The van der Waals surface area contributed by atoms with Gasteiger partial charge in [-0.25, -0.2) is 0 Å². The predicted molar refractivity (Wildman–Crippen MR) is 74.7 cm³/mol. The van der Waals surface area contributed by atoms with Gasteiger partial charge in [0, 0.05) is 37.9 Å². The van der Waals surface area contributed by atoms with Gasteiger partial charge >= 0.3 is 0 Å². The van der Waals surface area contributed by atoms with Crippen LogP contribution in [-0.4, -0.2) is 11.1 Å². The second kappa shape index (κ2) is 4.99. The first kappa shape index (κ1) is 11.5. The molecule has 2 nitrogen and oxygen atoms in total. The summed E-state index contributed by atoms with van der Waals surface area (Å²) in [6.45, 7) is 5.29. The van der Waals surface area contributed by atoms with E-state index in [9.17, 15) is 0 Å². The van der Waals surface area contributed by atoms with Crippen LogP contribution >= 0.6 is 0 Å². The molecule has 1 aliphatic rings. The maximum absolute atomic E-state index is 3.57. The molecule has 94 valence electrons. The van der Waals surface area contributed by atoms with Crippen LogP contribution in [0.1, 0.15) is 29.5 Å². The standard InChI is InChI=1S/C16H20N2/c1-2-18-8-7-13(12-18)10-17-11-15-9-14-5-3-4-6-16(14)15/h3-8,12,15,17H,2,9-11H2,1H3. The molecule has 1 aliphatic carbocycles. The third kappa shape index (κ3) is 2.21. The Balaban J connectivity index is 1.49. The number of hydrogen-bond acceptors (Lipinski definition) is 1. The molecule has 1 unspecified atom stereocenters. The highest BCUT2D eigenvalue weighted by molar-refractivity contribution is 5.40. The van der Waals surface area contributed by atoms with Crippen molar-refractivity contribution in [3.8, 4) is 0 Å². The molecule has 0 fully saturated rings. The van der Waals surface area contributed by atoms with Gasteiger partial charge in [0.2, 0.25) is 0 Å². The molecule has 3 rings (SSSR count). The van der Waals surface area contributed by atoms with Crippen LogP contribution in [0.2, 0.25) is 0 Å². The number of benzene rings is 1. The summed E-state index contributed by atoms with van der Waals surface area (Å²) in [5, 5.41) is 3.57. The summed E-state index contributed by atoms with van der Waals surface area (Å²) in [5.41, 5.74) is 4.45. The van der Waals surface area contributed by atoms with Crippen LogP contribution in [0.5, 0.6) is 0 Å². The number of nitrogens with one attached hydrogen (secondary N) is 1. The molecule has 0 saturated carbocycles. The van der Waals surface area contributed by atoms with Crippen molar-refractivity contribution >= 4 is 0 Å². The Morgan fingerprint density at radius 1 is 1.28 bits per heavy atom. The lowest BCUT2D eigenvalue weighted by Crippen LogP contribution is -2.28. The average Bonchev–Trinajstić information content (AvgIpc) is 2.83. The van der Waals surface area contributed by atoms with Crippen LogP contribution in [0.4, 0.5) is 0 Å². The molecular formula is C16H20N2. The van der Waals surface area contributed by atoms with Gasteiger partial charge in [-0.3, -0.25) is 0 Å². The third-order valence-corrected chi connectivity index (χ3v) is 3.86. The van der Waals surface area contributed by atoms with E-state index in [0.717, 1.165) is 25.6 Å². The molecule has 1 heterocycles. The summed E-state index contributed by atoms with van der Waals surface area (Å²) in [4.78, 5) is 0. The number of nitrogens with zero attached hydrogens (tertiary/aromatic N) is 1. The van der Waals surface area contributed by atoms with Crippen molar-refractivity contribution in [1.29, 1.82) is 0 Å². The highest BCUT2D eigenvalue weighted by Gasteiger charge is 2.24. The normalized spacial score (nSPS) is 17.3. The van der Waals surface area contributed by atoms with E-state index < -0.39 is 0 Å². The molecule has 0 radical (unpaired) electrons. The van der Waals surface area contributed by atoms with E-state index in [0.29, 0.717) is 0 Å². The quantitative estimate of drug-likeness (QED) is 0.850. The number of rotatable bonds is 5. The van der Waals surface area contributed by atoms with Crippen molar-refractivity contribution < 1.29 is 0 Å². The van der Waals surface area contributed by atoms with Crippen LogP contribution in [0.25, 0.3) is 0 Å². The first-order valence-corrected chi connectivity index (χ1v) is 6.80. The third-order valence-electron chi connectivity index (χ3n) is 3.86. The van der Waals surface area contributed by atoms with Crippen LogP contribution in [0, 0.1) is 0 Å². The van der Waals surface area contributed by atoms with E-state index in [1.54, 1.807) is 0 Å². The summed E-state index contributed by atoms with van der Waals surface area (Å²) in [7, 11) is 0. The van der Waals surface area contributed by atoms with E-state index in [1.807, 2.05) is 0 Å². The lowest BCUT2D eigenvalue weighted by Gasteiger charge is -2.30. The first-order valence-electron chi connectivity index (χ1n) is 6.80. The zero-order valence-electron chi connectivity index (χ0n) is 10.9. The molecule has 1 N–H and O–H groups in total. The Hall–Kier alpha value is -1.54. The molecule has 2 aromatic rings.